The lowest BCUT2D eigenvalue weighted by Crippen LogP contribution is -2.38. The highest BCUT2D eigenvalue weighted by Crippen LogP contribution is 2.40. The molecule has 35 heavy (non-hydrogen) atoms. The van der Waals surface area contributed by atoms with Crippen LogP contribution < -0.4 is 9.47 Å². The van der Waals surface area contributed by atoms with Crippen molar-refractivity contribution >= 4 is 17.4 Å². The summed E-state index contributed by atoms with van der Waals surface area (Å²) in [7, 11) is 0. The monoisotopic (exact) mass is 480 g/mol. The van der Waals surface area contributed by atoms with Gasteiger partial charge in [0.05, 0.1) is 24.8 Å². The molecule has 7 heteroatoms. The van der Waals surface area contributed by atoms with Crippen molar-refractivity contribution < 1.29 is 24.2 Å². The molecule has 188 valence electrons. The van der Waals surface area contributed by atoms with E-state index >= 15 is 0 Å². The maximum atomic E-state index is 13.2. The van der Waals surface area contributed by atoms with E-state index in [9.17, 15) is 14.7 Å². The first-order valence-corrected chi connectivity index (χ1v) is 12.4. The molecule has 0 radical (unpaired) electrons. The topological polar surface area (TPSA) is 79.3 Å². The molecule has 3 rings (SSSR count). The van der Waals surface area contributed by atoms with Gasteiger partial charge >= 0.3 is 0 Å². The molecule has 2 aromatic carbocycles. The lowest BCUT2D eigenvalue weighted by atomic mass is 9.95. The molecule has 0 aromatic heterocycles. The molecule has 1 aliphatic rings. The SMILES string of the molecule is CCCOc1ccc(C2/C(=C(\O)c3cccc(OCC)c3)C(=O)C(=O)N2CCN(CC)CC)cc1. The van der Waals surface area contributed by atoms with Crippen LogP contribution in [-0.2, 0) is 9.59 Å². The van der Waals surface area contributed by atoms with E-state index < -0.39 is 17.7 Å². The van der Waals surface area contributed by atoms with Crippen LogP contribution in [0.15, 0.2) is 54.1 Å². The van der Waals surface area contributed by atoms with E-state index in [0.717, 1.165) is 30.8 Å². The highest BCUT2D eigenvalue weighted by Gasteiger charge is 2.46. The largest absolute Gasteiger partial charge is 0.507 e. The Balaban J connectivity index is 2.06. The third-order valence-electron chi connectivity index (χ3n) is 6.18. The number of Topliss-reactive ketones (excluding diaryl/α,β-unsaturated/α-hetero) is 1. The maximum Gasteiger partial charge on any atom is 0.295 e. The minimum absolute atomic E-state index is 0.0884. The number of hydrogen-bond acceptors (Lipinski definition) is 6. The summed E-state index contributed by atoms with van der Waals surface area (Å²) in [6.07, 6.45) is 0.897. The summed E-state index contributed by atoms with van der Waals surface area (Å²) in [4.78, 5) is 30.2. The van der Waals surface area contributed by atoms with Crippen LogP contribution in [0, 0.1) is 0 Å². The average molecular weight is 481 g/mol. The van der Waals surface area contributed by atoms with Gasteiger partial charge in [0.1, 0.15) is 17.3 Å². The number of amides is 1. The smallest absolute Gasteiger partial charge is 0.295 e. The van der Waals surface area contributed by atoms with Crippen LogP contribution in [-0.4, -0.2) is 66.0 Å². The summed E-state index contributed by atoms with van der Waals surface area (Å²) in [6.45, 7) is 11.8. The normalized spacial score (nSPS) is 17.3. The highest BCUT2D eigenvalue weighted by atomic mass is 16.5. The van der Waals surface area contributed by atoms with Crippen molar-refractivity contribution in [2.24, 2.45) is 0 Å². The van der Waals surface area contributed by atoms with Crippen molar-refractivity contribution in [1.82, 2.24) is 9.80 Å². The summed E-state index contributed by atoms with van der Waals surface area (Å²) >= 11 is 0. The Morgan fingerprint density at radius 3 is 2.31 bits per heavy atom. The summed E-state index contributed by atoms with van der Waals surface area (Å²) in [5.74, 6) is -0.177. The molecule has 2 aromatic rings. The fourth-order valence-electron chi connectivity index (χ4n) is 4.27. The Kier molecular flexibility index (Phi) is 9.32. The van der Waals surface area contributed by atoms with Crippen molar-refractivity contribution in [3.63, 3.8) is 0 Å². The number of ketones is 1. The van der Waals surface area contributed by atoms with E-state index in [1.54, 1.807) is 29.2 Å². The minimum atomic E-state index is -0.693. The van der Waals surface area contributed by atoms with Gasteiger partial charge in [0.2, 0.25) is 0 Å². The summed E-state index contributed by atoms with van der Waals surface area (Å²) in [5, 5.41) is 11.3. The second kappa shape index (κ2) is 12.4. The number of carbonyl (C=O) groups is 2. The predicted molar refractivity (Wildman–Crippen MR) is 137 cm³/mol. The number of nitrogens with zero attached hydrogens (tertiary/aromatic N) is 2. The molecule has 1 aliphatic heterocycles. The summed E-state index contributed by atoms with van der Waals surface area (Å²) in [6, 6.07) is 13.6. The summed E-state index contributed by atoms with van der Waals surface area (Å²) < 4.78 is 11.3. The molecule has 1 N–H and O–H groups in total. The van der Waals surface area contributed by atoms with Crippen molar-refractivity contribution in [2.75, 3.05) is 39.4 Å². The molecule has 0 aliphatic carbocycles. The average Bonchev–Trinajstić information content (AvgIpc) is 3.13. The van der Waals surface area contributed by atoms with Gasteiger partial charge in [0.15, 0.2) is 0 Å². The van der Waals surface area contributed by atoms with Crippen LogP contribution in [0.3, 0.4) is 0 Å². The first-order chi connectivity index (χ1) is 16.9. The first kappa shape index (κ1) is 26.3. The number of likely N-dealkylation sites (N-methyl/N-ethyl adjacent to an activating group) is 1. The van der Waals surface area contributed by atoms with Crippen LogP contribution in [0.4, 0.5) is 0 Å². The van der Waals surface area contributed by atoms with Gasteiger partial charge in [0.25, 0.3) is 11.7 Å². The maximum absolute atomic E-state index is 13.2. The number of likely N-dealkylation sites (tertiary alicyclic amines) is 1. The Labute approximate surface area is 207 Å². The number of hydrogen-bond donors (Lipinski definition) is 1. The van der Waals surface area contributed by atoms with E-state index in [0.29, 0.717) is 37.6 Å². The zero-order valence-corrected chi connectivity index (χ0v) is 21.1. The molecule has 1 fully saturated rings. The van der Waals surface area contributed by atoms with E-state index in [4.69, 9.17) is 9.47 Å². The number of aliphatic hydroxyl groups is 1. The van der Waals surface area contributed by atoms with Crippen molar-refractivity contribution in [1.29, 1.82) is 0 Å². The molecule has 1 saturated heterocycles. The number of rotatable bonds is 12. The Hall–Kier alpha value is -3.32. The fraction of sp³-hybridized carbons (Fsp3) is 0.429. The summed E-state index contributed by atoms with van der Waals surface area (Å²) in [5.41, 5.74) is 1.27. The number of aliphatic hydroxyl groups excluding tert-OH is 1. The van der Waals surface area contributed by atoms with Crippen molar-refractivity contribution in [3.05, 3.63) is 65.2 Å². The molecule has 7 nitrogen and oxygen atoms in total. The molecule has 1 atom stereocenters. The second-order valence-corrected chi connectivity index (χ2v) is 8.40. The molecule has 1 amide bonds. The van der Waals surface area contributed by atoms with E-state index in [2.05, 4.69) is 18.7 Å². The Bertz CT molecular complexity index is 1040. The Morgan fingerprint density at radius 2 is 1.69 bits per heavy atom. The number of benzene rings is 2. The van der Waals surface area contributed by atoms with Crippen molar-refractivity contribution in [2.45, 2.75) is 40.2 Å². The van der Waals surface area contributed by atoms with Gasteiger partial charge in [-0.05, 0) is 56.3 Å². The molecular weight excluding hydrogens is 444 g/mol. The van der Waals surface area contributed by atoms with Crippen molar-refractivity contribution in [3.8, 4) is 11.5 Å². The zero-order chi connectivity index (χ0) is 25.4. The fourth-order valence-corrected chi connectivity index (χ4v) is 4.27. The van der Waals surface area contributed by atoms with E-state index in [1.807, 2.05) is 38.1 Å². The molecule has 0 saturated carbocycles. The van der Waals surface area contributed by atoms with Gasteiger partial charge in [0, 0.05) is 18.7 Å². The minimum Gasteiger partial charge on any atom is -0.507 e. The van der Waals surface area contributed by atoms with Gasteiger partial charge in [-0.2, -0.15) is 0 Å². The third kappa shape index (κ3) is 6.03. The van der Waals surface area contributed by atoms with Crippen LogP contribution in [0.2, 0.25) is 0 Å². The van der Waals surface area contributed by atoms with Gasteiger partial charge in [-0.1, -0.05) is 45.0 Å². The molecule has 1 unspecified atom stereocenters. The predicted octanol–water partition coefficient (Wildman–Crippen LogP) is 4.64. The van der Waals surface area contributed by atoms with Gasteiger partial charge < -0.3 is 24.4 Å². The quantitative estimate of drug-likeness (QED) is 0.271. The van der Waals surface area contributed by atoms with Crippen LogP contribution >= 0.6 is 0 Å². The number of ether oxygens (including phenoxy) is 2. The van der Waals surface area contributed by atoms with E-state index in [1.165, 1.54) is 0 Å². The zero-order valence-electron chi connectivity index (χ0n) is 21.1. The lowest BCUT2D eigenvalue weighted by molar-refractivity contribution is -0.140. The van der Waals surface area contributed by atoms with Crippen LogP contribution in [0.1, 0.15) is 51.3 Å². The van der Waals surface area contributed by atoms with Crippen LogP contribution in [0.5, 0.6) is 11.5 Å². The molecule has 0 spiro atoms. The molecule has 1 heterocycles. The van der Waals surface area contributed by atoms with Gasteiger partial charge in [-0.25, -0.2) is 0 Å². The number of carbonyl (C=O) groups excluding carboxylic acids is 2. The third-order valence-corrected chi connectivity index (χ3v) is 6.18. The van der Waals surface area contributed by atoms with Gasteiger partial charge in [-0.3, -0.25) is 9.59 Å². The Morgan fingerprint density at radius 1 is 0.971 bits per heavy atom. The van der Waals surface area contributed by atoms with Gasteiger partial charge in [-0.15, -0.1) is 0 Å². The standard InChI is InChI=1S/C28H36N2O5/c1-5-18-35-22-14-12-20(13-15-22)25-24(26(31)21-10-9-11-23(19-21)34-8-4)27(32)28(33)30(25)17-16-29(6-2)7-3/h9-15,19,25,31H,5-8,16-18H2,1-4H3/b26-24+. The highest BCUT2D eigenvalue weighted by molar-refractivity contribution is 6.46. The molecule has 0 bridgehead atoms. The van der Waals surface area contributed by atoms with Crippen LogP contribution in [0.25, 0.3) is 5.76 Å². The first-order valence-electron chi connectivity index (χ1n) is 12.4. The molecular formula is C28H36N2O5. The van der Waals surface area contributed by atoms with E-state index in [-0.39, 0.29) is 11.3 Å². The second-order valence-electron chi connectivity index (χ2n) is 8.40. The lowest BCUT2D eigenvalue weighted by Gasteiger charge is -2.28.